The number of fused-ring (bicyclic) bond motifs is 5. The molecule has 2 atom stereocenters. The molecule has 3 aliphatic rings. The Balaban J connectivity index is 1.68. The maximum atomic E-state index is 14.8. The second-order valence-electron chi connectivity index (χ2n) is 9.18. The molecule has 4 heterocycles. The second-order valence-corrected chi connectivity index (χ2v) is 9.18. The molecule has 2 aromatic heterocycles. The third-order valence-electron chi connectivity index (χ3n) is 7.33. The van der Waals surface area contributed by atoms with Gasteiger partial charge in [-0.3, -0.25) is 14.4 Å². The first-order chi connectivity index (χ1) is 15.8. The van der Waals surface area contributed by atoms with Crippen LogP contribution in [-0.4, -0.2) is 21.4 Å². The van der Waals surface area contributed by atoms with Crippen molar-refractivity contribution in [3.05, 3.63) is 61.7 Å². The zero-order valence-corrected chi connectivity index (χ0v) is 18.5. The minimum atomic E-state index is -0.547. The van der Waals surface area contributed by atoms with E-state index in [1.807, 2.05) is 6.07 Å². The molecule has 1 N–H and O–H groups in total. The van der Waals surface area contributed by atoms with E-state index in [2.05, 4.69) is 5.32 Å². The van der Waals surface area contributed by atoms with E-state index in [1.54, 1.807) is 18.4 Å². The number of aromatic nitrogens is 2. The Kier molecular flexibility index (Phi) is 4.09. The van der Waals surface area contributed by atoms with Crippen LogP contribution in [0.3, 0.4) is 0 Å². The summed E-state index contributed by atoms with van der Waals surface area (Å²) < 4.78 is 21.6. The van der Waals surface area contributed by atoms with Crippen LogP contribution in [0, 0.1) is 12.7 Å². The van der Waals surface area contributed by atoms with Crippen molar-refractivity contribution in [1.82, 2.24) is 14.9 Å². The standard InChI is InChI=1S/C25H22FN3O4/c1-10-13-4-5-18(27-12(3)30)22-15-8-29-20(23(15)28-19(21(13)22)7-17(10)26)6-14-11(2)25(32)33-9-16(14)24(29)31/h6-7,11,18H,4-5,8-9H2,1-3H3,(H,27,30)/t11-,18?/m0/s1. The summed E-state index contributed by atoms with van der Waals surface area (Å²) in [6.45, 7) is 5.24. The van der Waals surface area contributed by atoms with Crippen LogP contribution in [0.4, 0.5) is 4.39 Å². The van der Waals surface area contributed by atoms with Gasteiger partial charge in [0.15, 0.2) is 0 Å². The number of hydrogen-bond donors (Lipinski definition) is 1. The van der Waals surface area contributed by atoms with Crippen LogP contribution in [0.5, 0.6) is 0 Å². The van der Waals surface area contributed by atoms with Gasteiger partial charge < -0.3 is 14.6 Å². The molecule has 8 heteroatoms. The molecule has 0 bridgehead atoms. The first-order valence-corrected chi connectivity index (χ1v) is 11.1. The van der Waals surface area contributed by atoms with Gasteiger partial charge in [-0.1, -0.05) is 0 Å². The number of nitrogens with one attached hydrogen (secondary N) is 1. The van der Waals surface area contributed by atoms with Crippen molar-refractivity contribution in [1.29, 1.82) is 0 Å². The van der Waals surface area contributed by atoms with Crippen LogP contribution in [0.1, 0.15) is 65.6 Å². The molecule has 1 aromatic carbocycles. The quantitative estimate of drug-likeness (QED) is 0.453. The number of rotatable bonds is 1. The lowest BCUT2D eigenvalue weighted by Crippen LogP contribution is -2.32. The minimum Gasteiger partial charge on any atom is -0.460 e. The highest BCUT2D eigenvalue weighted by molar-refractivity contribution is 5.93. The van der Waals surface area contributed by atoms with Gasteiger partial charge in [-0.05, 0) is 55.0 Å². The molecule has 168 valence electrons. The van der Waals surface area contributed by atoms with Gasteiger partial charge in [0.05, 0.1) is 41.0 Å². The molecule has 1 amide bonds. The number of cyclic esters (lactones) is 1. The van der Waals surface area contributed by atoms with Crippen molar-refractivity contribution < 1.29 is 18.7 Å². The van der Waals surface area contributed by atoms with Crippen LogP contribution in [0.15, 0.2) is 16.9 Å². The van der Waals surface area contributed by atoms with E-state index in [4.69, 9.17) is 9.72 Å². The van der Waals surface area contributed by atoms with Gasteiger partial charge in [0.25, 0.3) is 5.56 Å². The normalized spacial score (nSPS) is 20.2. The van der Waals surface area contributed by atoms with Gasteiger partial charge in [0, 0.05) is 23.9 Å². The van der Waals surface area contributed by atoms with E-state index in [1.165, 1.54) is 13.0 Å². The lowest BCUT2D eigenvalue weighted by atomic mass is 9.81. The summed E-state index contributed by atoms with van der Waals surface area (Å²) in [4.78, 5) is 42.3. The number of nitrogens with zero attached hydrogens (tertiary/aromatic N) is 2. The molecule has 33 heavy (non-hydrogen) atoms. The number of esters is 1. The molecule has 1 unspecified atom stereocenters. The number of pyridine rings is 2. The number of amides is 1. The lowest BCUT2D eigenvalue weighted by Gasteiger charge is -2.29. The molecule has 0 spiro atoms. The van der Waals surface area contributed by atoms with E-state index in [9.17, 15) is 18.8 Å². The van der Waals surface area contributed by atoms with E-state index in [0.29, 0.717) is 53.0 Å². The van der Waals surface area contributed by atoms with Gasteiger partial charge in [-0.15, -0.1) is 0 Å². The fourth-order valence-corrected chi connectivity index (χ4v) is 5.68. The van der Waals surface area contributed by atoms with Gasteiger partial charge >= 0.3 is 5.97 Å². The Morgan fingerprint density at radius 1 is 1.24 bits per heavy atom. The molecule has 0 fully saturated rings. The van der Waals surface area contributed by atoms with Crippen molar-refractivity contribution in [2.45, 2.75) is 58.7 Å². The zero-order valence-electron chi connectivity index (χ0n) is 18.5. The summed E-state index contributed by atoms with van der Waals surface area (Å²) in [7, 11) is 0. The zero-order chi connectivity index (χ0) is 23.2. The van der Waals surface area contributed by atoms with Gasteiger partial charge in [-0.2, -0.15) is 0 Å². The predicted octanol–water partition coefficient (Wildman–Crippen LogP) is 3.16. The molecule has 0 saturated carbocycles. The van der Waals surface area contributed by atoms with Gasteiger partial charge in [0.2, 0.25) is 5.91 Å². The van der Waals surface area contributed by atoms with Crippen molar-refractivity contribution in [3.63, 3.8) is 0 Å². The third kappa shape index (κ3) is 2.66. The summed E-state index contributed by atoms with van der Waals surface area (Å²) in [6, 6.07) is 3.04. The third-order valence-corrected chi connectivity index (χ3v) is 7.33. The van der Waals surface area contributed by atoms with E-state index in [0.717, 1.165) is 22.1 Å². The average molecular weight is 447 g/mol. The fraction of sp³-hybridized carbons (Fsp3) is 0.360. The summed E-state index contributed by atoms with van der Waals surface area (Å²) in [5, 5.41) is 3.91. The molecule has 0 saturated heterocycles. The van der Waals surface area contributed by atoms with Gasteiger partial charge in [0.1, 0.15) is 12.4 Å². The van der Waals surface area contributed by atoms with Crippen molar-refractivity contribution in [3.8, 4) is 11.4 Å². The van der Waals surface area contributed by atoms with Crippen LogP contribution in [0.25, 0.3) is 22.3 Å². The maximum absolute atomic E-state index is 14.8. The molecule has 2 aliphatic heterocycles. The summed E-state index contributed by atoms with van der Waals surface area (Å²) in [6.07, 6.45) is 1.28. The van der Waals surface area contributed by atoms with Crippen LogP contribution in [0.2, 0.25) is 0 Å². The number of halogens is 1. The first-order valence-electron chi connectivity index (χ1n) is 11.1. The second kappa shape index (κ2) is 6.73. The molecular weight excluding hydrogens is 425 g/mol. The van der Waals surface area contributed by atoms with E-state index >= 15 is 0 Å². The highest BCUT2D eigenvalue weighted by atomic mass is 19.1. The number of carbonyl (C=O) groups excluding carboxylic acids is 2. The smallest absolute Gasteiger partial charge is 0.313 e. The minimum absolute atomic E-state index is 0.0424. The van der Waals surface area contributed by atoms with Crippen LogP contribution in [-0.2, 0) is 33.9 Å². The Hall–Kier alpha value is -3.55. The van der Waals surface area contributed by atoms with E-state index < -0.39 is 5.92 Å². The highest BCUT2D eigenvalue weighted by Crippen LogP contribution is 2.45. The Labute approximate surface area is 188 Å². The SMILES string of the molecule is CC(=O)NC1CCc2c(C)c(F)cc3nc4c(c1c23)Cn1c-4cc2c(c1=O)COC(=O)[C@H]2C. The Morgan fingerprint density at radius 3 is 2.79 bits per heavy atom. The molecule has 1 aliphatic carbocycles. The lowest BCUT2D eigenvalue weighted by molar-refractivity contribution is -0.147. The maximum Gasteiger partial charge on any atom is 0.313 e. The number of benzene rings is 1. The molecule has 7 nitrogen and oxygen atoms in total. The molecule has 0 radical (unpaired) electrons. The monoisotopic (exact) mass is 447 g/mol. The van der Waals surface area contributed by atoms with Crippen molar-refractivity contribution >= 4 is 22.8 Å². The molecule has 3 aromatic rings. The first kappa shape index (κ1) is 20.1. The fourth-order valence-electron chi connectivity index (χ4n) is 5.68. The van der Waals surface area contributed by atoms with Crippen molar-refractivity contribution in [2.24, 2.45) is 0 Å². The van der Waals surface area contributed by atoms with Crippen LogP contribution >= 0.6 is 0 Å². The van der Waals surface area contributed by atoms with Gasteiger partial charge in [-0.25, -0.2) is 9.37 Å². The summed E-state index contributed by atoms with van der Waals surface area (Å²) in [5.74, 6) is -1.37. The van der Waals surface area contributed by atoms with Crippen molar-refractivity contribution in [2.75, 3.05) is 0 Å². The summed E-state index contributed by atoms with van der Waals surface area (Å²) >= 11 is 0. The Bertz CT molecular complexity index is 1490. The predicted molar refractivity (Wildman–Crippen MR) is 118 cm³/mol. The number of aryl methyl sites for hydroxylation is 1. The molecular formula is C25H22FN3O4. The van der Waals surface area contributed by atoms with E-state index in [-0.39, 0.29) is 35.9 Å². The number of carbonyl (C=O) groups is 2. The summed E-state index contributed by atoms with van der Waals surface area (Å²) in [5.41, 5.74) is 5.96. The average Bonchev–Trinajstić information content (AvgIpc) is 3.14. The number of ether oxygens (including phenoxy) is 1. The highest BCUT2D eigenvalue weighted by Gasteiger charge is 2.36. The number of hydrogen-bond acceptors (Lipinski definition) is 5. The molecule has 6 rings (SSSR count). The Morgan fingerprint density at radius 2 is 2.03 bits per heavy atom. The largest absolute Gasteiger partial charge is 0.460 e. The van der Waals surface area contributed by atoms with Crippen LogP contribution < -0.4 is 10.9 Å². The topological polar surface area (TPSA) is 90.3 Å².